The number of carbonyl (C=O) groups excluding carboxylic acids is 2. The van der Waals surface area contributed by atoms with Crippen LogP contribution in [0.1, 0.15) is 45.3 Å². The van der Waals surface area contributed by atoms with E-state index in [1.165, 1.54) is 17.5 Å². The molecule has 3 aromatic rings. The summed E-state index contributed by atoms with van der Waals surface area (Å²) < 4.78 is 6.65. The van der Waals surface area contributed by atoms with E-state index in [2.05, 4.69) is 20.6 Å². The molecule has 1 N–H and O–H groups in total. The van der Waals surface area contributed by atoms with E-state index in [1.807, 2.05) is 6.92 Å². The highest BCUT2D eigenvalue weighted by Crippen LogP contribution is 2.18. The van der Waals surface area contributed by atoms with Crippen molar-refractivity contribution in [2.75, 3.05) is 11.9 Å². The van der Waals surface area contributed by atoms with Gasteiger partial charge in [0.15, 0.2) is 0 Å². The van der Waals surface area contributed by atoms with E-state index in [0.29, 0.717) is 28.6 Å². The second kappa shape index (κ2) is 8.09. The van der Waals surface area contributed by atoms with Crippen LogP contribution in [0.4, 0.5) is 5.13 Å². The number of rotatable bonds is 6. The molecule has 8 nitrogen and oxygen atoms in total. The number of nitrogens with one attached hydrogen (secondary N) is 1. The molecule has 0 saturated heterocycles. The summed E-state index contributed by atoms with van der Waals surface area (Å²) in [4.78, 5) is 24.2. The first-order valence-corrected chi connectivity index (χ1v) is 9.31. The summed E-state index contributed by atoms with van der Waals surface area (Å²) in [7, 11) is 0. The molecule has 1 amide bonds. The fourth-order valence-corrected chi connectivity index (χ4v) is 3.12. The topological polar surface area (TPSA) is 99.0 Å². The monoisotopic (exact) mass is 385 g/mol. The summed E-state index contributed by atoms with van der Waals surface area (Å²) in [6, 6.07) is 6.91. The van der Waals surface area contributed by atoms with Crippen LogP contribution in [0.3, 0.4) is 0 Å². The second-order valence-electron chi connectivity index (χ2n) is 5.63. The van der Waals surface area contributed by atoms with Crippen LogP contribution in [0.15, 0.2) is 30.5 Å². The lowest BCUT2D eigenvalue weighted by Crippen LogP contribution is -2.12. The highest BCUT2D eigenvalue weighted by molar-refractivity contribution is 7.15. The molecule has 1 aromatic carbocycles. The number of amides is 1. The first-order chi connectivity index (χ1) is 13.0. The van der Waals surface area contributed by atoms with Gasteiger partial charge in [-0.2, -0.15) is 5.10 Å². The summed E-state index contributed by atoms with van der Waals surface area (Å²) in [6.45, 7) is 5.84. The normalized spacial score (nSPS) is 10.6. The van der Waals surface area contributed by atoms with Gasteiger partial charge >= 0.3 is 5.97 Å². The fourth-order valence-electron chi connectivity index (χ4n) is 2.45. The van der Waals surface area contributed by atoms with Gasteiger partial charge in [-0.1, -0.05) is 18.3 Å². The molecule has 2 heterocycles. The number of ether oxygens (including phenoxy) is 1. The smallest absolute Gasteiger partial charge is 0.341 e. The molecule has 3 rings (SSSR count). The van der Waals surface area contributed by atoms with E-state index in [0.717, 1.165) is 17.1 Å². The van der Waals surface area contributed by atoms with Crippen LogP contribution in [-0.4, -0.2) is 38.5 Å². The Morgan fingerprint density at radius 2 is 1.93 bits per heavy atom. The van der Waals surface area contributed by atoms with Crippen molar-refractivity contribution in [3.8, 4) is 5.69 Å². The van der Waals surface area contributed by atoms with Crippen LogP contribution in [-0.2, 0) is 11.2 Å². The lowest BCUT2D eigenvalue weighted by Gasteiger charge is -2.07. The summed E-state index contributed by atoms with van der Waals surface area (Å²) in [5.41, 5.74) is 2.32. The molecular formula is C18H19N5O3S. The summed E-state index contributed by atoms with van der Waals surface area (Å²) in [5.74, 6) is -0.662. The molecule has 0 fully saturated rings. The van der Waals surface area contributed by atoms with E-state index in [9.17, 15) is 9.59 Å². The number of aryl methyl sites for hydroxylation is 1. The predicted molar refractivity (Wildman–Crippen MR) is 101 cm³/mol. The second-order valence-corrected chi connectivity index (χ2v) is 6.69. The molecule has 27 heavy (non-hydrogen) atoms. The molecule has 2 aromatic heterocycles. The summed E-state index contributed by atoms with van der Waals surface area (Å²) in [5, 5.41) is 16.2. The number of aromatic nitrogens is 4. The van der Waals surface area contributed by atoms with Crippen molar-refractivity contribution in [2.24, 2.45) is 0 Å². The van der Waals surface area contributed by atoms with Crippen LogP contribution in [0, 0.1) is 6.92 Å². The molecule has 0 atom stereocenters. The van der Waals surface area contributed by atoms with Gasteiger partial charge in [0.2, 0.25) is 5.13 Å². The predicted octanol–water partition coefficient (Wildman–Crippen LogP) is 3.02. The molecule has 0 spiro atoms. The minimum Gasteiger partial charge on any atom is -0.462 e. The number of hydrogen-bond donors (Lipinski definition) is 1. The van der Waals surface area contributed by atoms with Crippen LogP contribution in [0.2, 0.25) is 0 Å². The zero-order valence-electron chi connectivity index (χ0n) is 15.2. The maximum atomic E-state index is 12.3. The van der Waals surface area contributed by atoms with E-state index in [-0.39, 0.29) is 5.91 Å². The third-order valence-corrected chi connectivity index (χ3v) is 4.85. The minimum atomic E-state index is -0.402. The Labute approximate surface area is 160 Å². The van der Waals surface area contributed by atoms with Crippen molar-refractivity contribution in [2.45, 2.75) is 27.2 Å². The number of anilines is 1. The van der Waals surface area contributed by atoms with Crippen molar-refractivity contribution in [3.63, 3.8) is 0 Å². The molecule has 0 aliphatic heterocycles. The highest BCUT2D eigenvalue weighted by atomic mass is 32.1. The number of esters is 1. The Morgan fingerprint density at radius 3 is 2.56 bits per heavy atom. The highest BCUT2D eigenvalue weighted by Gasteiger charge is 2.16. The van der Waals surface area contributed by atoms with Gasteiger partial charge in [0.1, 0.15) is 10.6 Å². The number of hydrogen-bond acceptors (Lipinski definition) is 7. The lowest BCUT2D eigenvalue weighted by atomic mass is 10.2. The standard InChI is InChI=1S/C18H19N5O3S/c1-4-15-21-22-18(27-15)20-16(24)12-6-8-13(9-7-12)23-11(3)14(10-19-23)17(25)26-5-2/h6-10H,4-5H2,1-3H3,(H,20,22,24). The Hall–Kier alpha value is -3.07. The minimum absolute atomic E-state index is 0.259. The zero-order chi connectivity index (χ0) is 19.4. The molecule has 0 radical (unpaired) electrons. The Kier molecular flexibility index (Phi) is 5.60. The van der Waals surface area contributed by atoms with Crippen molar-refractivity contribution in [1.29, 1.82) is 0 Å². The summed E-state index contributed by atoms with van der Waals surface area (Å²) in [6.07, 6.45) is 2.26. The molecule has 0 aliphatic carbocycles. The van der Waals surface area contributed by atoms with Crippen LogP contribution in [0.25, 0.3) is 5.69 Å². The van der Waals surface area contributed by atoms with Gasteiger partial charge < -0.3 is 4.74 Å². The number of benzene rings is 1. The average Bonchev–Trinajstić information content (AvgIpc) is 3.28. The summed E-state index contributed by atoms with van der Waals surface area (Å²) >= 11 is 1.36. The molecular weight excluding hydrogens is 366 g/mol. The SMILES string of the molecule is CCOC(=O)c1cnn(-c2ccc(C(=O)Nc3nnc(CC)s3)cc2)c1C. The molecule has 140 valence electrons. The Bertz CT molecular complexity index is 962. The van der Waals surface area contributed by atoms with E-state index in [4.69, 9.17) is 4.74 Å². The Morgan fingerprint density at radius 1 is 1.19 bits per heavy atom. The first kappa shape index (κ1) is 18.7. The van der Waals surface area contributed by atoms with Gasteiger partial charge in [-0.3, -0.25) is 10.1 Å². The molecule has 0 aliphatic rings. The van der Waals surface area contributed by atoms with Crippen molar-refractivity contribution in [3.05, 3.63) is 52.3 Å². The molecule has 0 unspecified atom stereocenters. The largest absolute Gasteiger partial charge is 0.462 e. The Balaban J connectivity index is 1.75. The van der Waals surface area contributed by atoms with Crippen molar-refractivity contribution in [1.82, 2.24) is 20.0 Å². The first-order valence-electron chi connectivity index (χ1n) is 8.49. The van der Waals surface area contributed by atoms with Gasteiger partial charge in [-0.15, -0.1) is 10.2 Å². The van der Waals surface area contributed by atoms with Gasteiger partial charge in [-0.25, -0.2) is 9.48 Å². The fraction of sp³-hybridized carbons (Fsp3) is 0.278. The zero-order valence-corrected chi connectivity index (χ0v) is 16.0. The lowest BCUT2D eigenvalue weighted by molar-refractivity contribution is 0.0525. The van der Waals surface area contributed by atoms with Gasteiger partial charge in [0.05, 0.1) is 24.2 Å². The van der Waals surface area contributed by atoms with E-state index < -0.39 is 5.97 Å². The maximum absolute atomic E-state index is 12.3. The number of nitrogens with zero attached hydrogens (tertiary/aromatic N) is 4. The van der Waals surface area contributed by atoms with E-state index in [1.54, 1.807) is 42.8 Å². The average molecular weight is 385 g/mol. The third kappa shape index (κ3) is 4.03. The number of carbonyl (C=O) groups is 2. The maximum Gasteiger partial charge on any atom is 0.341 e. The molecule has 0 saturated carbocycles. The van der Waals surface area contributed by atoms with Crippen molar-refractivity contribution < 1.29 is 14.3 Å². The van der Waals surface area contributed by atoms with Gasteiger partial charge in [0.25, 0.3) is 5.91 Å². The van der Waals surface area contributed by atoms with Crippen LogP contribution >= 0.6 is 11.3 Å². The van der Waals surface area contributed by atoms with E-state index >= 15 is 0 Å². The van der Waals surface area contributed by atoms with Crippen LogP contribution in [0.5, 0.6) is 0 Å². The molecule has 0 bridgehead atoms. The third-order valence-electron chi connectivity index (χ3n) is 3.87. The van der Waals surface area contributed by atoms with Gasteiger partial charge in [-0.05, 0) is 44.5 Å². The quantitative estimate of drug-likeness (QED) is 0.655. The van der Waals surface area contributed by atoms with Gasteiger partial charge in [0, 0.05) is 5.56 Å². The molecule has 9 heteroatoms. The van der Waals surface area contributed by atoms with Crippen LogP contribution < -0.4 is 5.32 Å². The van der Waals surface area contributed by atoms with Crippen molar-refractivity contribution >= 4 is 28.3 Å².